The van der Waals surface area contributed by atoms with Crippen molar-refractivity contribution in [2.45, 2.75) is 51.6 Å². The Balaban J connectivity index is 1.55. The van der Waals surface area contributed by atoms with Gasteiger partial charge in [0.05, 0.1) is 5.56 Å². The van der Waals surface area contributed by atoms with Crippen molar-refractivity contribution in [3.05, 3.63) is 88.5 Å². The molecule has 1 aliphatic carbocycles. The minimum Gasteiger partial charge on any atom is -0.429 e. The summed E-state index contributed by atoms with van der Waals surface area (Å²) in [4.78, 5) is 0. The molecule has 0 amide bonds. The molecule has 0 atom stereocenters. The second kappa shape index (κ2) is 9.35. The summed E-state index contributed by atoms with van der Waals surface area (Å²) in [5.41, 5.74) is -0.204. The number of rotatable bonds is 5. The van der Waals surface area contributed by atoms with Gasteiger partial charge in [-0.25, -0.2) is 17.6 Å². The van der Waals surface area contributed by atoms with Crippen molar-refractivity contribution in [3.8, 4) is 16.9 Å². The second-order valence-electron chi connectivity index (χ2n) is 9.02. The Hall–Kier alpha value is -2.96. The molecule has 1 fully saturated rings. The molecule has 4 rings (SSSR count). The van der Waals surface area contributed by atoms with Gasteiger partial charge < -0.3 is 4.74 Å². The third-order valence-corrected chi connectivity index (χ3v) is 6.53. The van der Waals surface area contributed by atoms with Crippen LogP contribution in [-0.4, -0.2) is 0 Å². The number of hydrogen-bond acceptors (Lipinski definition) is 1. The first kappa shape index (κ1) is 24.2. The highest BCUT2D eigenvalue weighted by molar-refractivity contribution is 5.65. The van der Waals surface area contributed by atoms with E-state index in [4.69, 9.17) is 0 Å². The maximum absolute atomic E-state index is 14.9. The van der Waals surface area contributed by atoms with Crippen LogP contribution >= 0.6 is 0 Å². The topological polar surface area (TPSA) is 9.23 Å². The number of ether oxygens (including phenoxy) is 1. The average molecular weight is 478 g/mol. The molecule has 0 saturated heterocycles. The smallest absolute Gasteiger partial charge is 0.426 e. The van der Waals surface area contributed by atoms with Crippen molar-refractivity contribution in [3.63, 3.8) is 0 Å². The summed E-state index contributed by atoms with van der Waals surface area (Å²) >= 11 is 0. The molecule has 0 bridgehead atoms. The van der Waals surface area contributed by atoms with Gasteiger partial charge in [-0.05, 0) is 66.5 Å². The fraction of sp³-hybridized carbons (Fsp3) is 0.333. The molecule has 0 radical (unpaired) electrons. The molecule has 180 valence electrons. The zero-order valence-corrected chi connectivity index (χ0v) is 18.8. The van der Waals surface area contributed by atoms with Gasteiger partial charge in [-0.3, -0.25) is 0 Å². The maximum Gasteiger partial charge on any atom is 0.426 e. The highest BCUT2D eigenvalue weighted by Crippen LogP contribution is 2.39. The fourth-order valence-corrected chi connectivity index (χ4v) is 4.48. The van der Waals surface area contributed by atoms with Crippen LogP contribution in [0.5, 0.6) is 5.75 Å². The van der Waals surface area contributed by atoms with Gasteiger partial charge in [-0.1, -0.05) is 44.0 Å². The minimum atomic E-state index is -3.86. The van der Waals surface area contributed by atoms with E-state index in [1.54, 1.807) is 6.07 Å². The molecule has 7 heteroatoms. The van der Waals surface area contributed by atoms with Gasteiger partial charge in [0.2, 0.25) is 0 Å². The fourth-order valence-electron chi connectivity index (χ4n) is 4.48. The van der Waals surface area contributed by atoms with E-state index in [2.05, 4.69) is 11.7 Å². The minimum absolute atomic E-state index is 0.0297. The number of hydrogen-bond donors (Lipinski definition) is 0. The van der Waals surface area contributed by atoms with Crippen molar-refractivity contribution < 1.29 is 31.1 Å². The molecule has 0 N–H and O–H groups in total. The van der Waals surface area contributed by atoms with Gasteiger partial charge in [0.25, 0.3) is 0 Å². The van der Waals surface area contributed by atoms with E-state index in [9.17, 15) is 26.3 Å². The molecule has 0 heterocycles. The summed E-state index contributed by atoms with van der Waals surface area (Å²) in [6.07, 6.45) is -0.317. The van der Waals surface area contributed by atoms with Crippen LogP contribution in [0.3, 0.4) is 0 Å². The lowest BCUT2D eigenvalue weighted by Gasteiger charge is -2.27. The first-order chi connectivity index (χ1) is 16.1. The van der Waals surface area contributed by atoms with Crippen LogP contribution in [-0.2, 0) is 6.11 Å². The van der Waals surface area contributed by atoms with Gasteiger partial charge in [0.15, 0.2) is 23.3 Å². The summed E-state index contributed by atoms with van der Waals surface area (Å²) in [7, 11) is 0. The predicted octanol–water partition coefficient (Wildman–Crippen LogP) is 8.64. The standard InChI is InChI=1S/C27H24F6O/c1-15-3-5-17(6-4-15)21-11-12-22(26(31)25(21)30)18-7-9-19(10-8-18)27(32,33)34-20-13-16(2)24(29)23(28)14-20/h7-15,17H,3-6H2,1-2H3. The van der Waals surface area contributed by atoms with Crippen LogP contribution in [0.4, 0.5) is 26.3 Å². The largest absolute Gasteiger partial charge is 0.429 e. The summed E-state index contributed by atoms with van der Waals surface area (Å²) in [5, 5.41) is 0. The first-order valence-electron chi connectivity index (χ1n) is 11.2. The Bertz CT molecular complexity index is 1160. The molecular weight excluding hydrogens is 454 g/mol. The van der Waals surface area contributed by atoms with E-state index in [-0.39, 0.29) is 22.6 Å². The zero-order valence-electron chi connectivity index (χ0n) is 18.8. The number of benzene rings is 3. The van der Waals surface area contributed by atoms with Crippen LogP contribution < -0.4 is 4.74 Å². The summed E-state index contributed by atoms with van der Waals surface area (Å²) in [6, 6.07) is 9.08. The Kier molecular flexibility index (Phi) is 6.65. The van der Waals surface area contributed by atoms with E-state index in [0.29, 0.717) is 17.5 Å². The normalized spacial score (nSPS) is 18.7. The molecule has 0 spiro atoms. The molecular formula is C27H24F6O. The molecule has 3 aromatic rings. The van der Waals surface area contributed by atoms with Gasteiger partial charge in [-0.15, -0.1) is 0 Å². The van der Waals surface area contributed by atoms with Crippen LogP contribution in [0.15, 0.2) is 48.5 Å². The lowest BCUT2D eigenvalue weighted by molar-refractivity contribution is -0.185. The van der Waals surface area contributed by atoms with Gasteiger partial charge >= 0.3 is 6.11 Å². The van der Waals surface area contributed by atoms with Crippen LogP contribution in [0.25, 0.3) is 11.1 Å². The van der Waals surface area contributed by atoms with Gasteiger partial charge in [0.1, 0.15) is 5.75 Å². The van der Waals surface area contributed by atoms with Crippen molar-refractivity contribution in [1.29, 1.82) is 0 Å². The Morgan fingerprint density at radius 3 is 2.06 bits per heavy atom. The van der Waals surface area contributed by atoms with Crippen molar-refractivity contribution >= 4 is 0 Å². The Morgan fingerprint density at radius 1 is 0.794 bits per heavy atom. The number of alkyl halides is 2. The Labute approximate surface area is 194 Å². The molecule has 3 aromatic carbocycles. The van der Waals surface area contributed by atoms with E-state index in [0.717, 1.165) is 43.9 Å². The Morgan fingerprint density at radius 2 is 1.44 bits per heavy atom. The molecule has 1 nitrogen and oxygen atoms in total. The van der Waals surface area contributed by atoms with Crippen LogP contribution in [0.2, 0.25) is 0 Å². The van der Waals surface area contributed by atoms with E-state index >= 15 is 0 Å². The monoisotopic (exact) mass is 478 g/mol. The molecule has 0 aromatic heterocycles. The average Bonchev–Trinajstić information content (AvgIpc) is 2.80. The van der Waals surface area contributed by atoms with E-state index in [1.807, 2.05) is 0 Å². The summed E-state index contributed by atoms with van der Waals surface area (Å²) < 4.78 is 90.5. The number of aryl methyl sites for hydroxylation is 1. The van der Waals surface area contributed by atoms with Gasteiger partial charge in [-0.2, -0.15) is 8.78 Å². The molecule has 1 aliphatic rings. The van der Waals surface area contributed by atoms with Crippen LogP contribution in [0.1, 0.15) is 55.2 Å². The molecule has 0 unspecified atom stereocenters. The predicted molar refractivity (Wildman–Crippen MR) is 118 cm³/mol. The summed E-state index contributed by atoms with van der Waals surface area (Å²) in [6.45, 7) is 3.37. The molecule has 34 heavy (non-hydrogen) atoms. The van der Waals surface area contributed by atoms with Crippen molar-refractivity contribution in [2.24, 2.45) is 5.92 Å². The highest BCUT2D eigenvalue weighted by atomic mass is 19.3. The van der Waals surface area contributed by atoms with Gasteiger partial charge in [0, 0.05) is 11.6 Å². The SMILES string of the molecule is Cc1cc(OC(F)(F)c2ccc(-c3ccc(C4CCC(C)CC4)c(F)c3F)cc2)cc(F)c1F. The molecule has 0 aliphatic heterocycles. The first-order valence-corrected chi connectivity index (χ1v) is 11.2. The van der Waals surface area contributed by atoms with Crippen LogP contribution in [0, 0.1) is 36.1 Å². The van der Waals surface area contributed by atoms with E-state index in [1.165, 1.54) is 25.1 Å². The molecule has 1 saturated carbocycles. The maximum atomic E-state index is 14.9. The van der Waals surface area contributed by atoms with Crippen molar-refractivity contribution in [2.75, 3.05) is 0 Å². The third kappa shape index (κ3) is 4.79. The third-order valence-electron chi connectivity index (χ3n) is 6.53. The second-order valence-corrected chi connectivity index (χ2v) is 9.02. The lowest BCUT2D eigenvalue weighted by atomic mass is 9.79. The van der Waals surface area contributed by atoms with Crippen molar-refractivity contribution in [1.82, 2.24) is 0 Å². The lowest BCUT2D eigenvalue weighted by Crippen LogP contribution is -2.22. The highest BCUT2D eigenvalue weighted by Gasteiger charge is 2.35. The number of halogens is 6. The zero-order chi connectivity index (χ0) is 24.6. The summed E-state index contributed by atoms with van der Waals surface area (Å²) in [5.74, 6) is -4.34. The van der Waals surface area contributed by atoms with E-state index < -0.39 is 40.7 Å². The quantitative estimate of drug-likeness (QED) is 0.334.